The standard InChI is InChI=1S/C16H25N3O/c1-4-9-17-14-13(6-5-10-18-14)15(20)19-11-7-16(2,3)8-12-19/h5-6,10H,4,7-9,11-12H2,1-3H3,(H,17,18). The van der Waals surface area contributed by atoms with Crippen LogP contribution in [0.15, 0.2) is 18.3 Å². The van der Waals surface area contributed by atoms with Crippen molar-refractivity contribution in [3.8, 4) is 0 Å². The largest absolute Gasteiger partial charge is 0.369 e. The minimum absolute atomic E-state index is 0.104. The van der Waals surface area contributed by atoms with Gasteiger partial charge in [-0.2, -0.15) is 0 Å². The first-order valence-corrected chi connectivity index (χ1v) is 7.52. The third-order valence-electron chi connectivity index (χ3n) is 3.98. The number of carbonyl (C=O) groups excluding carboxylic acids is 1. The van der Waals surface area contributed by atoms with Crippen LogP contribution >= 0.6 is 0 Å². The van der Waals surface area contributed by atoms with Crippen LogP contribution in [0.25, 0.3) is 0 Å². The predicted octanol–water partition coefficient (Wildman–Crippen LogP) is 3.17. The molecule has 4 heteroatoms. The number of anilines is 1. The Morgan fingerprint density at radius 3 is 2.75 bits per heavy atom. The van der Waals surface area contributed by atoms with Gasteiger partial charge in [-0.15, -0.1) is 0 Å². The zero-order chi connectivity index (χ0) is 14.6. The zero-order valence-electron chi connectivity index (χ0n) is 12.8. The maximum atomic E-state index is 12.6. The van der Waals surface area contributed by atoms with Crippen molar-refractivity contribution >= 4 is 11.7 Å². The highest BCUT2D eigenvalue weighted by molar-refractivity contribution is 5.98. The minimum atomic E-state index is 0.104. The summed E-state index contributed by atoms with van der Waals surface area (Å²) in [5.74, 6) is 0.816. The van der Waals surface area contributed by atoms with Gasteiger partial charge in [-0.25, -0.2) is 4.98 Å². The molecule has 1 aliphatic rings. The fraction of sp³-hybridized carbons (Fsp3) is 0.625. The van der Waals surface area contributed by atoms with Crippen molar-refractivity contribution in [1.29, 1.82) is 0 Å². The fourth-order valence-electron chi connectivity index (χ4n) is 2.45. The lowest BCUT2D eigenvalue weighted by molar-refractivity contribution is 0.0631. The predicted molar refractivity (Wildman–Crippen MR) is 81.9 cm³/mol. The van der Waals surface area contributed by atoms with Gasteiger partial charge in [-0.05, 0) is 36.8 Å². The van der Waals surface area contributed by atoms with Gasteiger partial charge in [0.2, 0.25) is 0 Å². The van der Waals surface area contributed by atoms with E-state index in [1.807, 2.05) is 17.0 Å². The van der Waals surface area contributed by atoms with Gasteiger partial charge in [0.15, 0.2) is 0 Å². The molecule has 1 aromatic heterocycles. The monoisotopic (exact) mass is 275 g/mol. The lowest BCUT2D eigenvalue weighted by atomic mass is 9.82. The zero-order valence-corrected chi connectivity index (χ0v) is 12.8. The molecule has 110 valence electrons. The summed E-state index contributed by atoms with van der Waals surface area (Å²) in [6.07, 6.45) is 4.88. The minimum Gasteiger partial charge on any atom is -0.369 e. The molecule has 1 N–H and O–H groups in total. The molecule has 0 unspecified atom stereocenters. The summed E-state index contributed by atoms with van der Waals surface area (Å²) < 4.78 is 0. The van der Waals surface area contributed by atoms with Gasteiger partial charge in [0.05, 0.1) is 5.56 Å². The van der Waals surface area contributed by atoms with Gasteiger partial charge >= 0.3 is 0 Å². The number of pyridine rings is 1. The molecule has 0 radical (unpaired) electrons. The summed E-state index contributed by atoms with van der Waals surface area (Å²) >= 11 is 0. The van der Waals surface area contributed by atoms with Crippen molar-refractivity contribution in [1.82, 2.24) is 9.88 Å². The second-order valence-electron chi connectivity index (χ2n) is 6.28. The second kappa shape index (κ2) is 6.25. The van der Waals surface area contributed by atoms with Crippen LogP contribution < -0.4 is 5.32 Å². The van der Waals surface area contributed by atoms with Crippen molar-refractivity contribution in [2.75, 3.05) is 25.0 Å². The Hall–Kier alpha value is -1.58. The molecule has 4 nitrogen and oxygen atoms in total. The van der Waals surface area contributed by atoms with Gasteiger partial charge in [-0.1, -0.05) is 20.8 Å². The number of piperidine rings is 1. The number of nitrogens with one attached hydrogen (secondary N) is 1. The van der Waals surface area contributed by atoms with Crippen LogP contribution in [0.3, 0.4) is 0 Å². The average molecular weight is 275 g/mol. The van der Waals surface area contributed by atoms with E-state index < -0.39 is 0 Å². The molecule has 1 aliphatic heterocycles. The van der Waals surface area contributed by atoms with E-state index in [4.69, 9.17) is 0 Å². The molecule has 1 aromatic rings. The lowest BCUT2D eigenvalue weighted by Gasteiger charge is -2.37. The highest BCUT2D eigenvalue weighted by atomic mass is 16.2. The molecular formula is C16H25N3O. The topological polar surface area (TPSA) is 45.2 Å². The highest BCUT2D eigenvalue weighted by Crippen LogP contribution is 2.30. The van der Waals surface area contributed by atoms with Gasteiger partial charge < -0.3 is 10.2 Å². The Balaban J connectivity index is 2.09. The van der Waals surface area contributed by atoms with E-state index in [2.05, 4.69) is 31.1 Å². The van der Waals surface area contributed by atoms with Crippen molar-refractivity contribution in [3.05, 3.63) is 23.9 Å². The summed E-state index contributed by atoms with van der Waals surface area (Å²) in [6.45, 7) is 9.16. The third-order valence-corrected chi connectivity index (χ3v) is 3.98. The van der Waals surface area contributed by atoms with E-state index in [0.717, 1.165) is 38.9 Å². The second-order valence-corrected chi connectivity index (χ2v) is 6.28. The summed E-state index contributed by atoms with van der Waals surface area (Å²) in [7, 11) is 0. The molecule has 2 rings (SSSR count). The smallest absolute Gasteiger partial charge is 0.257 e. The molecule has 0 spiro atoms. The molecule has 0 atom stereocenters. The number of rotatable bonds is 4. The Morgan fingerprint density at radius 1 is 1.40 bits per heavy atom. The first kappa shape index (κ1) is 14.8. The van der Waals surface area contributed by atoms with Crippen LogP contribution in [0, 0.1) is 5.41 Å². The maximum absolute atomic E-state index is 12.6. The molecule has 1 amide bonds. The van der Waals surface area contributed by atoms with Crippen LogP contribution in [0.4, 0.5) is 5.82 Å². The summed E-state index contributed by atoms with van der Waals surface area (Å²) in [6, 6.07) is 3.70. The molecule has 1 saturated heterocycles. The molecule has 2 heterocycles. The van der Waals surface area contributed by atoms with E-state index in [9.17, 15) is 4.79 Å². The first-order valence-electron chi connectivity index (χ1n) is 7.52. The first-order chi connectivity index (χ1) is 9.53. The number of amides is 1. The molecule has 0 bridgehead atoms. The van der Waals surface area contributed by atoms with Crippen LogP contribution in [-0.2, 0) is 0 Å². The number of aromatic nitrogens is 1. The Bertz CT molecular complexity index is 461. The normalized spacial score (nSPS) is 17.9. The Kier molecular flexibility index (Phi) is 4.63. The van der Waals surface area contributed by atoms with E-state index >= 15 is 0 Å². The van der Waals surface area contributed by atoms with E-state index in [1.54, 1.807) is 6.20 Å². The maximum Gasteiger partial charge on any atom is 0.257 e. The molecule has 20 heavy (non-hydrogen) atoms. The number of carbonyl (C=O) groups is 1. The quantitative estimate of drug-likeness (QED) is 0.918. The summed E-state index contributed by atoms with van der Waals surface area (Å²) in [4.78, 5) is 18.9. The van der Waals surface area contributed by atoms with Crippen molar-refractivity contribution < 1.29 is 4.79 Å². The van der Waals surface area contributed by atoms with Crippen LogP contribution in [0.2, 0.25) is 0 Å². The average Bonchev–Trinajstić information content (AvgIpc) is 2.45. The van der Waals surface area contributed by atoms with E-state index in [1.165, 1.54) is 0 Å². The number of nitrogens with zero attached hydrogens (tertiary/aromatic N) is 2. The van der Waals surface area contributed by atoms with Crippen LogP contribution in [-0.4, -0.2) is 35.4 Å². The van der Waals surface area contributed by atoms with Gasteiger partial charge in [-0.3, -0.25) is 4.79 Å². The number of hydrogen-bond acceptors (Lipinski definition) is 3. The van der Waals surface area contributed by atoms with E-state index in [-0.39, 0.29) is 5.91 Å². The molecular weight excluding hydrogens is 250 g/mol. The Labute approximate surface area is 121 Å². The van der Waals surface area contributed by atoms with Crippen molar-refractivity contribution in [2.45, 2.75) is 40.0 Å². The Morgan fingerprint density at radius 2 is 2.10 bits per heavy atom. The van der Waals surface area contributed by atoms with Gasteiger partial charge in [0.25, 0.3) is 5.91 Å². The highest BCUT2D eigenvalue weighted by Gasteiger charge is 2.29. The fourth-order valence-corrected chi connectivity index (χ4v) is 2.45. The third kappa shape index (κ3) is 3.50. The molecule has 0 saturated carbocycles. The van der Waals surface area contributed by atoms with E-state index in [0.29, 0.717) is 16.8 Å². The number of hydrogen-bond donors (Lipinski definition) is 1. The summed E-state index contributed by atoms with van der Waals surface area (Å²) in [5.41, 5.74) is 1.05. The SMILES string of the molecule is CCCNc1ncccc1C(=O)N1CCC(C)(C)CC1. The van der Waals surface area contributed by atoms with Crippen LogP contribution in [0.5, 0.6) is 0 Å². The summed E-state index contributed by atoms with van der Waals surface area (Å²) in [5, 5.41) is 3.24. The molecule has 1 fully saturated rings. The van der Waals surface area contributed by atoms with Crippen molar-refractivity contribution in [3.63, 3.8) is 0 Å². The van der Waals surface area contributed by atoms with Crippen LogP contribution in [0.1, 0.15) is 50.4 Å². The molecule has 0 aliphatic carbocycles. The van der Waals surface area contributed by atoms with Gasteiger partial charge in [0.1, 0.15) is 5.82 Å². The van der Waals surface area contributed by atoms with Crippen molar-refractivity contribution in [2.24, 2.45) is 5.41 Å². The van der Waals surface area contributed by atoms with Gasteiger partial charge in [0, 0.05) is 25.8 Å². The molecule has 0 aromatic carbocycles. The number of likely N-dealkylation sites (tertiary alicyclic amines) is 1. The lowest BCUT2D eigenvalue weighted by Crippen LogP contribution is -2.41.